The molecule has 7 nitrogen and oxygen atoms in total. The number of H-pyrrole nitrogens is 1. The van der Waals surface area contributed by atoms with Gasteiger partial charge >= 0.3 is 0 Å². The minimum absolute atomic E-state index is 0.0989. The lowest BCUT2D eigenvalue weighted by molar-refractivity contribution is 0.0953. The summed E-state index contributed by atoms with van der Waals surface area (Å²) < 4.78 is 0. The number of pyridine rings is 2. The van der Waals surface area contributed by atoms with Crippen LogP contribution in [0, 0.1) is 0 Å². The van der Waals surface area contributed by atoms with Crippen molar-refractivity contribution in [2.24, 2.45) is 0 Å². The van der Waals surface area contributed by atoms with E-state index in [1.165, 1.54) is 0 Å². The Morgan fingerprint density at radius 1 is 1.29 bits per heavy atom. The predicted molar refractivity (Wildman–Crippen MR) is 123 cm³/mol. The molecule has 1 atom stereocenters. The number of rotatable bonds is 6. The van der Waals surface area contributed by atoms with Crippen LogP contribution >= 0.6 is 0 Å². The second-order valence-electron chi connectivity index (χ2n) is 7.62. The van der Waals surface area contributed by atoms with Gasteiger partial charge < -0.3 is 20.5 Å². The molecule has 7 heteroatoms. The molecule has 0 bridgehead atoms. The minimum Gasteiger partial charge on any atom is -0.373 e. The summed E-state index contributed by atoms with van der Waals surface area (Å²) in [6.45, 7) is 3.45. The summed E-state index contributed by atoms with van der Waals surface area (Å²) in [6, 6.07) is 9.03. The first kappa shape index (κ1) is 20.4. The average molecular weight is 415 g/mol. The fourth-order valence-corrected chi connectivity index (χ4v) is 3.69. The molecule has 31 heavy (non-hydrogen) atoms. The molecule has 0 fully saturated rings. The van der Waals surface area contributed by atoms with E-state index >= 15 is 0 Å². The summed E-state index contributed by atoms with van der Waals surface area (Å²) in [7, 11) is 2.00. The van der Waals surface area contributed by atoms with Crippen LogP contribution in [-0.4, -0.2) is 40.9 Å². The number of aromatic nitrogens is 2. The molecule has 3 N–H and O–H groups in total. The van der Waals surface area contributed by atoms with Crippen molar-refractivity contribution in [2.75, 3.05) is 25.5 Å². The van der Waals surface area contributed by atoms with Crippen molar-refractivity contribution in [3.05, 3.63) is 82.2 Å². The van der Waals surface area contributed by atoms with Gasteiger partial charge in [0.1, 0.15) is 5.82 Å². The third-order valence-corrected chi connectivity index (χ3v) is 5.26. The molecule has 0 aliphatic carbocycles. The molecule has 1 aromatic carbocycles. The van der Waals surface area contributed by atoms with E-state index in [1.54, 1.807) is 18.3 Å². The molecular weight excluding hydrogens is 390 g/mol. The molecule has 2 aromatic heterocycles. The van der Waals surface area contributed by atoms with Gasteiger partial charge in [-0.25, -0.2) is 4.98 Å². The van der Waals surface area contributed by atoms with Gasteiger partial charge in [-0.2, -0.15) is 0 Å². The molecule has 0 saturated heterocycles. The van der Waals surface area contributed by atoms with Crippen LogP contribution in [0.4, 0.5) is 11.5 Å². The predicted octanol–water partition coefficient (Wildman–Crippen LogP) is 3.50. The van der Waals surface area contributed by atoms with E-state index in [4.69, 9.17) is 0 Å². The van der Waals surface area contributed by atoms with Crippen LogP contribution in [0.15, 0.2) is 65.5 Å². The van der Waals surface area contributed by atoms with Crippen LogP contribution < -0.4 is 16.2 Å². The van der Waals surface area contributed by atoms with Gasteiger partial charge in [0, 0.05) is 55.9 Å². The van der Waals surface area contributed by atoms with Gasteiger partial charge in [0.2, 0.25) is 0 Å². The first-order valence-corrected chi connectivity index (χ1v) is 10.4. The van der Waals surface area contributed by atoms with Crippen LogP contribution in [0.5, 0.6) is 0 Å². The number of aromatic amines is 1. The highest BCUT2D eigenvalue weighted by molar-refractivity contribution is 5.96. The van der Waals surface area contributed by atoms with E-state index in [-0.39, 0.29) is 17.4 Å². The first-order valence-electron chi connectivity index (χ1n) is 10.4. The molecule has 0 saturated carbocycles. The van der Waals surface area contributed by atoms with Crippen molar-refractivity contribution in [2.45, 2.75) is 19.3 Å². The highest BCUT2D eigenvalue weighted by Gasteiger charge is 2.19. The van der Waals surface area contributed by atoms with Gasteiger partial charge in [-0.15, -0.1) is 5.73 Å². The summed E-state index contributed by atoms with van der Waals surface area (Å²) >= 11 is 0. The zero-order valence-electron chi connectivity index (χ0n) is 17.6. The van der Waals surface area contributed by atoms with Crippen molar-refractivity contribution in [3.8, 4) is 0 Å². The summed E-state index contributed by atoms with van der Waals surface area (Å²) in [6.07, 6.45) is 8.28. The Labute approximate surface area is 180 Å². The number of amides is 1. The van der Waals surface area contributed by atoms with Gasteiger partial charge in [0.05, 0.1) is 5.39 Å². The molecule has 4 rings (SSSR count). The maximum Gasteiger partial charge on any atom is 0.259 e. The second kappa shape index (κ2) is 8.90. The molecular formula is C24H25N5O2. The number of hydrogen-bond donors (Lipinski definition) is 3. The van der Waals surface area contributed by atoms with E-state index in [2.05, 4.69) is 31.2 Å². The number of hydrogen-bond acceptors (Lipinski definition) is 5. The van der Waals surface area contributed by atoms with E-state index in [1.807, 2.05) is 50.6 Å². The normalized spacial score (nSPS) is 15.3. The van der Waals surface area contributed by atoms with Crippen LogP contribution in [0.2, 0.25) is 0 Å². The largest absolute Gasteiger partial charge is 0.373 e. The van der Waals surface area contributed by atoms with Crippen molar-refractivity contribution < 1.29 is 4.79 Å². The number of carbonyl (C=O) groups excluding carboxylic acids is 1. The summed E-state index contributed by atoms with van der Waals surface area (Å²) in [5, 5.41) is 7.46. The van der Waals surface area contributed by atoms with Crippen LogP contribution in [0.3, 0.4) is 0 Å². The molecule has 158 valence electrons. The lowest BCUT2D eigenvalue weighted by Crippen LogP contribution is -2.23. The number of benzene rings is 1. The van der Waals surface area contributed by atoms with Crippen molar-refractivity contribution >= 4 is 28.2 Å². The standard InChI is InChI=1S/C24H25N5O2/c1-3-11-25-23(30)16-6-8-18(9-7-16)28-22-21-19(10-12-26-24(21)31)20(14-27-22)17-5-4-13-29(2)15-17/h5-10,12-14,17H,3,11,15H2,1-2H3,(H,25,30)(H,26,31)(H,27,28). The fraction of sp³-hybridized carbons (Fsp3) is 0.250. The molecule has 1 unspecified atom stereocenters. The summed E-state index contributed by atoms with van der Waals surface area (Å²) in [4.78, 5) is 34.2. The SMILES string of the molecule is CCCNC(=O)c1ccc(Nc2ncc(C3C=C=CN(C)C3)c3cc[nH]c(=O)c23)cc1. The number of fused-ring (bicyclic) bond motifs is 1. The number of likely N-dealkylation sites (N-methyl/N-ethyl adjacent to an activating group) is 1. The molecule has 0 radical (unpaired) electrons. The number of nitrogens with one attached hydrogen (secondary N) is 3. The fourth-order valence-electron chi connectivity index (χ4n) is 3.69. The van der Waals surface area contributed by atoms with Gasteiger partial charge in [-0.1, -0.05) is 6.92 Å². The Balaban J connectivity index is 1.66. The maximum atomic E-state index is 12.7. The highest BCUT2D eigenvalue weighted by atomic mass is 16.1. The summed E-state index contributed by atoms with van der Waals surface area (Å²) in [5.74, 6) is 0.478. The lowest BCUT2D eigenvalue weighted by Gasteiger charge is -2.23. The van der Waals surface area contributed by atoms with E-state index in [0.29, 0.717) is 23.3 Å². The third-order valence-electron chi connectivity index (χ3n) is 5.26. The smallest absolute Gasteiger partial charge is 0.259 e. The highest BCUT2D eigenvalue weighted by Crippen LogP contribution is 2.30. The van der Waals surface area contributed by atoms with Crippen LogP contribution in [0.25, 0.3) is 10.8 Å². The Hall–Kier alpha value is -3.83. The van der Waals surface area contributed by atoms with Gasteiger partial charge in [-0.05, 0) is 53.8 Å². The molecule has 3 aromatic rings. The maximum absolute atomic E-state index is 12.7. The quantitative estimate of drug-likeness (QED) is 0.536. The Morgan fingerprint density at radius 3 is 2.84 bits per heavy atom. The Morgan fingerprint density at radius 2 is 2.10 bits per heavy atom. The van der Waals surface area contributed by atoms with Crippen molar-refractivity contribution in [1.29, 1.82) is 0 Å². The van der Waals surface area contributed by atoms with Crippen molar-refractivity contribution in [3.63, 3.8) is 0 Å². The number of carbonyl (C=O) groups is 1. The molecule has 1 aliphatic rings. The molecule has 3 heterocycles. The number of nitrogens with zero attached hydrogens (tertiary/aromatic N) is 2. The average Bonchev–Trinajstić information content (AvgIpc) is 2.78. The van der Waals surface area contributed by atoms with Crippen molar-refractivity contribution in [1.82, 2.24) is 20.2 Å². The molecule has 1 amide bonds. The second-order valence-corrected chi connectivity index (χ2v) is 7.62. The van der Waals surface area contributed by atoms with E-state index < -0.39 is 0 Å². The lowest BCUT2D eigenvalue weighted by atomic mass is 9.94. The first-order chi connectivity index (χ1) is 15.1. The van der Waals surface area contributed by atoms with Crippen LogP contribution in [0.1, 0.15) is 35.2 Å². The van der Waals surface area contributed by atoms with Gasteiger partial charge in [0.15, 0.2) is 0 Å². The van der Waals surface area contributed by atoms with Gasteiger partial charge in [-0.3, -0.25) is 9.59 Å². The van der Waals surface area contributed by atoms with Gasteiger partial charge in [0.25, 0.3) is 11.5 Å². The Kier molecular flexibility index (Phi) is 5.87. The summed E-state index contributed by atoms with van der Waals surface area (Å²) in [5.41, 5.74) is 5.28. The zero-order chi connectivity index (χ0) is 21.8. The van der Waals surface area contributed by atoms with Crippen LogP contribution in [-0.2, 0) is 0 Å². The monoisotopic (exact) mass is 415 g/mol. The topological polar surface area (TPSA) is 90.1 Å². The zero-order valence-corrected chi connectivity index (χ0v) is 17.6. The van der Waals surface area contributed by atoms with E-state index in [0.717, 1.165) is 29.6 Å². The third kappa shape index (κ3) is 4.37. The minimum atomic E-state index is -0.200. The number of anilines is 2. The molecule has 1 aliphatic heterocycles. The molecule has 0 spiro atoms. The Bertz CT molecular complexity index is 1220. The van der Waals surface area contributed by atoms with E-state index in [9.17, 15) is 9.59 Å².